The van der Waals surface area contributed by atoms with Gasteiger partial charge in [0.2, 0.25) is 5.88 Å². The monoisotopic (exact) mass is 405 g/mol. The maximum atomic E-state index is 12.3. The van der Waals surface area contributed by atoms with Crippen molar-refractivity contribution in [2.24, 2.45) is 0 Å². The van der Waals surface area contributed by atoms with E-state index in [1.54, 1.807) is 36.5 Å². The molecule has 1 aromatic carbocycles. The fourth-order valence-corrected chi connectivity index (χ4v) is 3.58. The molecule has 4 aromatic rings. The standard InChI is InChI=1S/C21H19N5O2S/c1-13-10-18(29-12-13)21(27)25-16-4-6-17(7-5-16)28-20-11-19(23-14(2)24-20)26-9-8-22-15(26)3/h4-12H,1-3H3,(H,25,27). The number of hydrogen-bond donors (Lipinski definition) is 1. The van der Waals surface area contributed by atoms with Crippen LogP contribution in [0.25, 0.3) is 5.82 Å². The number of aromatic nitrogens is 4. The van der Waals surface area contributed by atoms with E-state index in [1.165, 1.54) is 11.3 Å². The van der Waals surface area contributed by atoms with Crippen molar-refractivity contribution in [2.75, 3.05) is 5.32 Å². The van der Waals surface area contributed by atoms with Crippen molar-refractivity contribution in [3.05, 3.63) is 76.3 Å². The van der Waals surface area contributed by atoms with Gasteiger partial charge in [-0.2, -0.15) is 4.98 Å². The van der Waals surface area contributed by atoms with Crippen LogP contribution in [-0.4, -0.2) is 25.4 Å². The molecule has 4 rings (SSSR count). The SMILES string of the molecule is Cc1csc(C(=O)Nc2ccc(Oc3cc(-n4ccnc4C)nc(C)n3)cc2)c1. The van der Waals surface area contributed by atoms with Gasteiger partial charge in [-0.3, -0.25) is 9.36 Å². The first-order valence-corrected chi connectivity index (χ1v) is 9.86. The van der Waals surface area contributed by atoms with Gasteiger partial charge in [0.05, 0.1) is 4.88 Å². The normalized spacial score (nSPS) is 10.7. The molecule has 3 heterocycles. The van der Waals surface area contributed by atoms with Crippen LogP contribution in [0.15, 0.2) is 54.2 Å². The van der Waals surface area contributed by atoms with Gasteiger partial charge < -0.3 is 10.1 Å². The Labute approximate surface area is 172 Å². The zero-order valence-corrected chi connectivity index (χ0v) is 17.0. The lowest BCUT2D eigenvalue weighted by Crippen LogP contribution is -2.09. The van der Waals surface area contributed by atoms with Crippen molar-refractivity contribution in [1.82, 2.24) is 19.5 Å². The number of amides is 1. The molecule has 0 aliphatic heterocycles. The molecule has 0 atom stereocenters. The van der Waals surface area contributed by atoms with E-state index in [2.05, 4.69) is 20.3 Å². The molecule has 3 aromatic heterocycles. The Morgan fingerprint density at radius 3 is 2.55 bits per heavy atom. The third-order valence-electron chi connectivity index (χ3n) is 4.16. The molecule has 29 heavy (non-hydrogen) atoms. The summed E-state index contributed by atoms with van der Waals surface area (Å²) in [5, 5.41) is 4.84. The molecular formula is C21H19N5O2S. The Hall–Kier alpha value is -3.52. The predicted octanol–water partition coefficient (Wildman–Crippen LogP) is 4.69. The van der Waals surface area contributed by atoms with Gasteiger partial charge in [0.1, 0.15) is 23.2 Å². The molecule has 0 radical (unpaired) electrons. The molecule has 1 amide bonds. The Bertz CT molecular complexity index is 1160. The molecule has 0 aliphatic carbocycles. The molecule has 146 valence electrons. The van der Waals surface area contributed by atoms with Crippen molar-refractivity contribution in [2.45, 2.75) is 20.8 Å². The van der Waals surface area contributed by atoms with Crippen LogP contribution in [0.2, 0.25) is 0 Å². The van der Waals surface area contributed by atoms with E-state index >= 15 is 0 Å². The zero-order chi connectivity index (χ0) is 20.4. The largest absolute Gasteiger partial charge is 0.439 e. The highest BCUT2D eigenvalue weighted by molar-refractivity contribution is 7.12. The van der Waals surface area contributed by atoms with E-state index in [0.717, 1.165) is 11.4 Å². The van der Waals surface area contributed by atoms with Gasteiger partial charge in [-0.15, -0.1) is 11.3 Å². The first-order chi connectivity index (χ1) is 14.0. The van der Waals surface area contributed by atoms with Crippen molar-refractivity contribution < 1.29 is 9.53 Å². The first kappa shape index (κ1) is 18.8. The molecule has 1 N–H and O–H groups in total. The number of rotatable bonds is 5. The fourth-order valence-electron chi connectivity index (χ4n) is 2.79. The van der Waals surface area contributed by atoms with Crippen molar-refractivity contribution in [1.29, 1.82) is 0 Å². The molecule has 0 saturated heterocycles. The highest BCUT2D eigenvalue weighted by atomic mass is 32.1. The highest BCUT2D eigenvalue weighted by Gasteiger charge is 2.10. The predicted molar refractivity (Wildman–Crippen MR) is 112 cm³/mol. The molecule has 0 bridgehead atoms. The van der Waals surface area contributed by atoms with E-state index in [-0.39, 0.29) is 5.91 Å². The third-order valence-corrected chi connectivity index (χ3v) is 5.21. The molecule has 0 aliphatic rings. The number of nitrogens with zero attached hydrogens (tertiary/aromatic N) is 4. The Balaban J connectivity index is 1.48. The van der Waals surface area contributed by atoms with Crippen LogP contribution in [0.1, 0.15) is 26.9 Å². The molecule has 7 nitrogen and oxygen atoms in total. The molecule has 0 spiro atoms. The molecule has 0 fully saturated rings. The van der Waals surface area contributed by atoms with Gasteiger partial charge in [0, 0.05) is 24.1 Å². The van der Waals surface area contributed by atoms with Gasteiger partial charge in [0.15, 0.2) is 0 Å². The average molecular weight is 405 g/mol. The van der Waals surface area contributed by atoms with Crippen molar-refractivity contribution in [3.8, 4) is 17.4 Å². The number of carbonyl (C=O) groups is 1. The van der Waals surface area contributed by atoms with Crippen LogP contribution < -0.4 is 10.1 Å². The average Bonchev–Trinajstić information content (AvgIpc) is 3.31. The minimum atomic E-state index is -0.122. The maximum Gasteiger partial charge on any atom is 0.265 e. The second-order valence-corrected chi connectivity index (χ2v) is 7.44. The summed E-state index contributed by atoms with van der Waals surface area (Å²) in [6.45, 7) is 5.68. The van der Waals surface area contributed by atoms with Gasteiger partial charge >= 0.3 is 0 Å². The number of hydrogen-bond acceptors (Lipinski definition) is 6. The fraction of sp³-hybridized carbons (Fsp3) is 0.143. The summed E-state index contributed by atoms with van der Waals surface area (Å²) < 4.78 is 7.76. The van der Waals surface area contributed by atoms with Crippen molar-refractivity contribution >= 4 is 22.9 Å². The lowest BCUT2D eigenvalue weighted by molar-refractivity contribution is 0.103. The van der Waals surface area contributed by atoms with Crippen LogP contribution >= 0.6 is 11.3 Å². The first-order valence-electron chi connectivity index (χ1n) is 8.98. The van der Waals surface area contributed by atoms with Crippen LogP contribution in [0, 0.1) is 20.8 Å². The highest BCUT2D eigenvalue weighted by Crippen LogP contribution is 2.24. The number of ether oxygens (including phenoxy) is 1. The Morgan fingerprint density at radius 2 is 1.90 bits per heavy atom. The smallest absolute Gasteiger partial charge is 0.265 e. The molecule has 8 heteroatoms. The number of nitrogens with one attached hydrogen (secondary N) is 1. The zero-order valence-electron chi connectivity index (χ0n) is 16.2. The van der Waals surface area contributed by atoms with E-state index in [0.29, 0.717) is 33.8 Å². The van der Waals surface area contributed by atoms with E-state index in [4.69, 9.17) is 4.74 Å². The van der Waals surface area contributed by atoms with Crippen LogP contribution in [0.5, 0.6) is 11.6 Å². The number of imidazole rings is 1. The number of benzene rings is 1. The summed E-state index contributed by atoms with van der Waals surface area (Å²) >= 11 is 1.43. The number of anilines is 1. The summed E-state index contributed by atoms with van der Waals surface area (Å²) in [5.74, 6) is 3.05. The summed E-state index contributed by atoms with van der Waals surface area (Å²) in [5.41, 5.74) is 1.77. The second kappa shape index (κ2) is 7.84. The summed E-state index contributed by atoms with van der Waals surface area (Å²) in [6.07, 6.45) is 3.56. The van der Waals surface area contributed by atoms with Crippen LogP contribution in [-0.2, 0) is 0 Å². The lowest BCUT2D eigenvalue weighted by Gasteiger charge is -2.10. The van der Waals surface area contributed by atoms with Crippen molar-refractivity contribution in [3.63, 3.8) is 0 Å². The minimum absolute atomic E-state index is 0.122. The van der Waals surface area contributed by atoms with Gasteiger partial charge in [-0.25, -0.2) is 9.97 Å². The van der Waals surface area contributed by atoms with E-state index in [1.807, 2.05) is 43.0 Å². The van der Waals surface area contributed by atoms with Gasteiger partial charge in [-0.05, 0) is 62.0 Å². The summed E-state index contributed by atoms with van der Waals surface area (Å²) in [4.78, 5) is 26.0. The summed E-state index contributed by atoms with van der Waals surface area (Å²) in [6, 6.07) is 10.8. The summed E-state index contributed by atoms with van der Waals surface area (Å²) in [7, 11) is 0. The maximum absolute atomic E-state index is 12.3. The minimum Gasteiger partial charge on any atom is -0.439 e. The number of aryl methyl sites for hydroxylation is 3. The topological polar surface area (TPSA) is 81.9 Å². The third kappa shape index (κ3) is 4.33. The molecule has 0 saturated carbocycles. The molecular weight excluding hydrogens is 386 g/mol. The van der Waals surface area contributed by atoms with E-state index in [9.17, 15) is 4.79 Å². The van der Waals surface area contributed by atoms with Gasteiger partial charge in [0.25, 0.3) is 5.91 Å². The lowest BCUT2D eigenvalue weighted by atomic mass is 10.3. The number of thiophene rings is 1. The quantitative estimate of drug-likeness (QED) is 0.521. The number of carbonyl (C=O) groups excluding carboxylic acids is 1. The van der Waals surface area contributed by atoms with E-state index < -0.39 is 0 Å². The Kier molecular flexibility index (Phi) is 5.09. The van der Waals surface area contributed by atoms with Crippen LogP contribution in [0.3, 0.4) is 0 Å². The second-order valence-electron chi connectivity index (χ2n) is 6.52. The van der Waals surface area contributed by atoms with Crippen LogP contribution in [0.4, 0.5) is 5.69 Å². The molecule has 0 unspecified atom stereocenters. The van der Waals surface area contributed by atoms with Gasteiger partial charge in [-0.1, -0.05) is 0 Å². The Morgan fingerprint density at radius 1 is 1.10 bits per heavy atom.